The normalized spacial score (nSPS) is 12.1. The Kier molecular flexibility index (Phi) is 5.34. The van der Waals surface area contributed by atoms with Crippen molar-refractivity contribution >= 4 is 11.6 Å². The summed E-state index contributed by atoms with van der Waals surface area (Å²) in [7, 11) is 2.94. The minimum Gasteiger partial charge on any atom is -0.497 e. The van der Waals surface area contributed by atoms with Gasteiger partial charge in [0.1, 0.15) is 5.75 Å². The fraction of sp³-hybridized carbons (Fsp3) is 0.238. The summed E-state index contributed by atoms with van der Waals surface area (Å²) < 4.78 is 11.7. The fourth-order valence-electron chi connectivity index (χ4n) is 3.57. The smallest absolute Gasteiger partial charge is 0.306 e. The van der Waals surface area contributed by atoms with Crippen molar-refractivity contribution in [2.75, 3.05) is 14.2 Å². The summed E-state index contributed by atoms with van der Waals surface area (Å²) in [4.78, 5) is 29.3. The molecule has 154 valence electrons. The number of carbonyl (C=O) groups is 1. The molecule has 9 nitrogen and oxygen atoms in total. The van der Waals surface area contributed by atoms with Crippen LogP contribution in [-0.4, -0.2) is 45.0 Å². The van der Waals surface area contributed by atoms with E-state index in [1.807, 2.05) is 24.3 Å². The Morgan fingerprint density at radius 1 is 1.20 bits per heavy atom. The number of benzene rings is 1. The maximum Gasteiger partial charge on any atom is 0.306 e. The van der Waals surface area contributed by atoms with E-state index in [1.165, 1.54) is 7.11 Å². The van der Waals surface area contributed by atoms with E-state index in [1.54, 1.807) is 36.3 Å². The van der Waals surface area contributed by atoms with Crippen molar-refractivity contribution in [3.8, 4) is 5.75 Å². The molecular formula is C21H21N5O4. The Labute approximate surface area is 171 Å². The summed E-state index contributed by atoms with van der Waals surface area (Å²) >= 11 is 0. The number of rotatable bonds is 7. The summed E-state index contributed by atoms with van der Waals surface area (Å²) in [5.74, 6) is -0.234. The standard InChI is InChI=1S/C21H21N5O4/c1-29-14-6-4-13(5-7-14)10-17-19(21(28)25-24-17)15(11-18(27)30-2)16-12-23-26-9-3-8-22-20(16)26/h3-9,12,15H,10-11H2,1-2H3,(H2,24,25,28)/t15-/m0/s1. The zero-order valence-corrected chi connectivity index (χ0v) is 16.6. The number of methoxy groups -OCH3 is 2. The summed E-state index contributed by atoms with van der Waals surface area (Å²) in [5.41, 5.74) is 3.13. The number of carbonyl (C=O) groups excluding carboxylic acids is 1. The van der Waals surface area contributed by atoms with Gasteiger partial charge in [-0.3, -0.25) is 14.7 Å². The molecule has 0 aliphatic heterocycles. The van der Waals surface area contributed by atoms with Gasteiger partial charge in [-0.1, -0.05) is 12.1 Å². The van der Waals surface area contributed by atoms with E-state index in [4.69, 9.17) is 9.47 Å². The van der Waals surface area contributed by atoms with E-state index < -0.39 is 11.9 Å². The van der Waals surface area contributed by atoms with Gasteiger partial charge < -0.3 is 14.6 Å². The molecule has 0 saturated carbocycles. The van der Waals surface area contributed by atoms with E-state index in [0.29, 0.717) is 28.9 Å². The number of hydrogen-bond donors (Lipinski definition) is 2. The van der Waals surface area contributed by atoms with Crippen molar-refractivity contribution in [2.45, 2.75) is 18.8 Å². The molecule has 0 unspecified atom stereocenters. The second-order valence-corrected chi connectivity index (χ2v) is 6.82. The van der Waals surface area contributed by atoms with Crippen molar-refractivity contribution in [3.63, 3.8) is 0 Å². The van der Waals surface area contributed by atoms with Crippen LogP contribution < -0.4 is 10.3 Å². The van der Waals surface area contributed by atoms with Gasteiger partial charge in [0, 0.05) is 41.6 Å². The van der Waals surface area contributed by atoms with E-state index in [-0.39, 0.29) is 12.0 Å². The largest absolute Gasteiger partial charge is 0.497 e. The van der Waals surface area contributed by atoms with Crippen LogP contribution >= 0.6 is 0 Å². The molecule has 0 aliphatic rings. The van der Waals surface area contributed by atoms with Crippen LogP contribution in [-0.2, 0) is 16.0 Å². The Morgan fingerprint density at radius 3 is 2.73 bits per heavy atom. The monoisotopic (exact) mass is 407 g/mol. The molecule has 1 aromatic carbocycles. The first-order valence-corrected chi connectivity index (χ1v) is 9.38. The second kappa shape index (κ2) is 8.24. The first kappa shape index (κ1) is 19.4. The predicted octanol–water partition coefficient (Wildman–Crippen LogP) is 2.04. The molecule has 3 heterocycles. The van der Waals surface area contributed by atoms with Crippen molar-refractivity contribution in [2.24, 2.45) is 0 Å². The van der Waals surface area contributed by atoms with Gasteiger partial charge in [0.25, 0.3) is 5.56 Å². The lowest BCUT2D eigenvalue weighted by Crippen LogP contribution is -2.18. The van der Waals surface area contributed by atoms with Gasteiger partial charge in [0.15, 0.2) is 5.65 Å². The number of esters is 1. The van der Waals surface area contributed by atoms with E-state index in [0.717, 1.165) is 11.3 Å². The number of nitrogens with zero attached hydrogens (tertiary/aromatic N) is 3. The minimum absolute atomic E-state index is 0.00895. The number of fused-ring (bicyclic) bond motifs is 1. The van der Waals surface area contributed by atoms with Crippen LogP contribution in [0.1, 0.15) is 34.7 Å². The molecule has 2 N–H and O–H groups in total. The average molecular weight is 407 g/mol. The van der Waals surface area contributed by atoms with Gasteiger partial charge in [-0.05, 0) is 23.8 Å². The van der Waals surface area contributed by atoms with Crippen molar-refractivity contribution in [3.05, 3.63) is 81.7 Å². The number of aromatic amines is 2. The summed E-state index contributed by atoms with van der Waals surface area (Å²) in [6.45, 7) is 0. The molecule has 30 heavy (non-hydrogen) atoms. The molecule has 4 aromatic rings. The van der Waals surface area contributed by atoms with Crippen LogP contribution in [0.4, 0.5) is 0 Å². The van der Waals surface area contributed by atoms with Crippen LogP contribution in [0.5, 0.6) is 5.75 Å². The first-order valence-electron chi connectivity index (χ1n) is 9.38. The molecule has 0 spiro atoms. The minimum atomic E-state index is -0.562. The highest BCUT2D eigenvalue weighted by Crippen LogP contribution is 2.31. The van der Waals surface area contributed by atoms with Crippen molar-refractivity contribution in [1.82, 2.24) is 24.8 Å². The van der Waals surface area contributed by atoms with Crippen LogP contribution in [0.2, 0.25) is 0 Å². The SMILES string of the molecule is COC(=O)C[C@H](c1c(Cc2ccc(OC)cc2)[nH][nH]c1=O)c1cnn2cccnc12. The van der Waals surface area contributed by atoms with Crippen molar-refractivity contribution < 1.29 is 14.3 Å². The lowest BCUT2D eigenvalue weighted by Gasteiger charge is -2.15. The Bertz CT molecular complexity index is 1220. The zero-order valence-electron chi connectivity index (χ0n) is 16.6. The van der Waals surface area contributed by atoms with Crippen LogP contribution in [0.25, 0.3) is 5.65 Å². The van der Waals surface area contributed by atoms with Gasteiger partial charge in [0.05, 0.1) is 26.8 Å². The van der Waals surface area contributed by atoms with Gasteiger partial charge in [-0.2, -0.15) is 5.10 Å². The van der Waals surface area contributed by atoms with Gasteiger partial charge in [-0.25, -0.2) is 9.50 Å². The van der Waals surface area contributed by atoms with E-state index >= 15 is 0 Å². The third-order valence-electron chi connectivity index (χ3n) is 5.07. The quantitative estimate of drug-likeness (QED) is 0.453. The molecule has 0 bridgehead atoms. The third-order valence-corrected chi connectivity index (χ3v) is 5.07. The molecule has 3 aromatic heterocycles. The summed E-state index contributed by atoms with van der Waals surface area (Å²) in [6, 6.07) is 9.35. The molecule has 0 saturated heterocycles. The Morgan fingerprint density at radius 2 is 2.00 bits per heavy atom. The van der Waals surface area contributed by atoms with E-state index in [9.17, 15) is 9.59 Å². The van der Waals surface area contributed by atoms with Crippen molar-refractivity contribution in [1.29, 1.82) is 0 Å². The maximum absolute atomic E-state index is 12.8. The number of nitrogens with one attached hydrogen (secondary N) is 2. The fourth-order valence-corrected chi connectivity index (χ4v) is 3.57. The molecular weight excluding hydrogens is 386 g/mol. The van der Waals surface area contributed by atoms with Gasteiger partial charge in [0.2, 0.25) is 0 Å². The van der Waals surface area contributed by atoms with Crippen LogP contribution in [0, 0.1) is 0 Å². The maximum atomic E-state index is 12.8. The molecule has 1 atom stereocenters. The molecule has 0 fully saturated rings. The third kappa shape index (κ3) is 3.69. The number of hydrogen-bond acceptors (Lipinski definition) is 6. The molecule has 4 rings (SSSR count). The molecule has 9 heteroatoms. The lowest BCUT2D eigenvalue weighted by atomic mass is 9.88. The number of H-pyrrole nitrogens is 2. The van der Waals surface area contributed by atoms with Crippen LogP contribution in [0.15, 0.2) is 53.7 Å². The predicted molar refractivity (Wildman–Crippen MR) is 109 cm³/mol. The molecule has 0 aliphatic carbocycles. The summed E-state index contributed by atoms with van der Waals surface area (Å²) in [6.07, 6.45) is 5.52. The van der Waals surface area contributed by atoms with E-state index in [2.05, 4.69) is 20.3 Å². The molecule has 0 radical (unpaired) electrons. The Hall–Kier alpha value is -3.88. The highest BCUT2D eigenvalue weighted by Gasteiger charge is 2.28. The highest BCUT2D eigenvalue weighted by atomic mass is 16.5. The Balaban J connectivity index is 1.78. The number of ether oxygens (including phenoxy) is 2. The zero-order chi connectivity index (χ0) is 21.1. The highest BCUT2D eigenvalue weighted by molar-refractivity contribution is 5.72. The topological polar surface area (TPSA) is 114 Å². The molecule has 0 amide bonds. The first-order chi connectivity index (χ1) is 14.6. The lowest BCUT2D eigenvalue weighted by molar-refractivity contribution is -0.140. The average Bonchev–Trinajstić information content (AvgIpc) is 3.36. The van der Waals surface area contributed by atoms with Gasteiger partial charge in [-0.15, -0.1) is 0 Å². The van der Waals surface area contributed by atoms with Gasteiger partial charge >= 0.3 is 5.97 Å². The number of aromatic nitrogens is 5. The second-order valence-electron chi connectivity index (χ2n) is 6.82. The summed E-state index contributed by atoms with van der Waals surface area (Å²) in [5, 5.41) is 9.93. The van der Waals surface area contributed by atoms with Crippen LogP contribution in [0.3, 0.4) is 0 Å².